The van der Waals surface area contributed by atoms with Gasteiger partial charge in [-0.25, -0.2) is 22.2 Å². The van der Waals surface area contributed by atoms with Crippen molar-refractivity contribution in [1.29, 1.82) is 0 Å². The number of thiazole rings is 1. The van der Waals surface area contributed by atoms with E-state index in [0.29, 0.717) is 0 Å². The molecule has 0 saturated heterocycles. The number of nitrogens with one attached hydrogen (secondary N) is 1. The first kappa shape index (κ1) is 19.5. The molecule has 0 bridgehead atoms. The highest BCUT2D eigenvalue weighted by atomic mass is 35.5. The molecule has 0 fully saturated rings. The average Bonchev–Trinajstić information content (AvgIpc) is 3.10. The van der Waals surface area contributed by atoms with Gasteiger partial charge in [0, 0.05) is 23.2 Å². The van der Waals surface area contributed by atoms with E-state index in [-0.39, 0.29) is 21.5 Å². The fraction of sp³-hybridized carbons (Fsp3) is 0.118. The van der Waals surface area contributed by atoms with Crippen LogP contribution in [0.1, 0.15) is 18.6 Å². The van der Waals surface area contributed by atoms with E-state index in [2.05, 4.69) is 9.71 Å². The molecule has 10 heteroatoms. The maximum absolute atomic E-state index is 14.4. The van der Waals surface area contributed by atoms with E-state index in [1.807, 2.05) is 0 Å². The molecule has 142 valence electrons. The van der Waals surface area contributed by atoms with Gasteiger partial charge in [-0.1, -0.05) is 29.8 Å². The van der Waals surface area contributed by atoms with E-state index in [1.165, 1.54) is 24.4 Å². The number of halogens is 3. The number of hydrogen-bond donors (Lipinski definition) is 1. The van der Waals surface area contributed by atoms with Crippen molar-refractivity contribution in [3.8, 4) is 5.75 Å². The maximum atomic E-state index is 14.4. The van der Waals surface area contributed by atoms with Crippen LogP contribution >= 0.6 is 22.9 Å². The third-order valence-electron chi connectivity index (χ3n) is 3.58. The molecule has 0 aliphatic rings. The van der Waals surface area contributed by atoms with Gasteiger partial charge in [0.15, 0.2) is 5.13 Å². The van der Waals surface area contributed by atoms with Crippen LogP contribution in [0, 0.1) is 11.6 Å². The van der Waals surface area contributed by atoms with Crippen LogP contribution in [0.4, 0.5) is 13.9 Å². The van der Waals surface area contributed by atoms with Gasteiger partial charge in [-0.15, -0.1) is 11.3 Å². The number of sulfonamides is 1. The van der Waals surface area contributed by atoms with Crippen molar-refractivity contribution < 1.29 is 21.9 Å². The van der Waals surface area contributed by atoms with Crippen LogP contribution in [0.25, 0.3) is 0 Å². The van der Waals surface area contributed by atoms with E-state index in [9.17, 15) is 17.2 Å². The number of rotatable bonds is 6. The fourth-order valence-electron chi connectivity index (χ4n) is 2.31. The van der Waals surface area contributed by atoms with E-state index >= 15 is 0 Å². The molecule has 0 amide bonds. The zero-order valence-corrected chi connectivity index (χ0v) is 16.2. The van der Waals surface area contributed by atoms with Crippen molar-refractivity contribution in [1.82, 2.24) is 4.98 Å². The van der Waals surface area contributed by atoms with Crippen molar-refractivity contribution in [2.24, 2.45) is 0 Å². The Morgan fingerprint density at radius 2 is 1.96 bits per heavy atom. The minimum atomic E-state index is -4.22. The Morgan fingerprint density at radius 1 is 1.22 bits per heavy atom. The van der Waals surface area contributed by atoms with Gasteiger partial charge in [0.25, 0.3) is 10.0 Å². The Bertz CT molecular complexity index is 1060. The van der Waals surface area contributed by atoms with Gasteiger partial charge >= 0.3 is 0 Å². The number of anilines is 1. The topological polar surface area (TPSA) is 68.3 Å². The molecule has 5 nitrogen and oxygen atoms in total. The highest BCUT2D eigenvalue weighted by molar-refractivity contribution is 7.93. The van der Waals surface area contributed by atoms with Crippen LogP contribution in [-0.4, -0.2) is 13.4 Å². The number of hydrogen-bond acceptors (Lipinski definition) is 5. The minimum Gasteiger partial charge on any atom is -0.484 e. The average molecular weight is 431 g/mol. The Hall–Kier alpha value is -2.23. The third kappa shape index (κ3) is 4.37. The van der Waals surface area contributed by atoms with Gasteiger partial charge in [0.2, 0.25) is 0 Å². The van der Waals surface area contributed by atoms with Gasteiger partial charge in [0.05, 0.1) is 5.02 Å². The first-order valence-electron chi connectivity index (χ1n) is 7.60. The Kier molecular flexibility index (Phi) is 5.64. The second kappa shape index (κ2) is 7.79. The standard InChI is InChI=1S/C17H13ClF2N2O3S2/c1-10(11-4-2-3-5-13(11)19)25-15-9-14(20)16(8-12(15)18)27(23,24)22-17-21-6-7-26-17/h2-10H,1H3,(H,21,22)/t10-/m1/s1. The van der Waals surface area contributed by atoms with Gasteiger partial charge in [-0.2, -0.15) is 0 Å². The molecule has 0 saturated carbocycles. The largest absolute Gasteiger partial charge is 0.484 e. The van der Waals surface area contributed by atoms with Gasteiger partial charge in [0.1, 0.15) is 28.4 Å². The Balaban J connectivity index is 1.88. The Morgan fingerprint density at radius 3 is 2.63 bits per heavy atom. The fourth-order valence-corrected chi connectivity index (χ4v) is 4.46. The highest BCUT2D eigenvalue weighted by Gasteiger charge is 2.24. The predicted octanol–water partition coefficient (Wildman–Crippen LogP) is 5.02. The lowest BCUT2D eigenvalue weighted by Gasteiger charge is -2.17. The van der Waals surface area contributed by atoms with E-state index in [1.54, 1.807) is 18.4 Å². The number of aromatic nitrogens is 1. The first-order valence-corrected chi connectivity index (χ1v) is 10.3. The summed E-state index contributed by atoms with van der Waals surface area (Å²) in [6.45, 7) is 1.57. The summed E-state index contributed by atoms with van der Waals surface area (Å²) in [4.78, 5) is 3.15. The molecule has 0 aliphatic carbocycles. The third-order valence-corrected chi connectivity index (χ3v) is 6.04. The monoisotopic (exact) mass is 430 g/mol. The van der Waals surface area contributed by atoms with Crippen molar-refractivity contribution in [3.05, 3.63) is 70.2 Å². The predicted molar refractivity (Wildman–Crippen MR) is 99.8 cm³/mol. The van der Waals surface area contributed by atoms with Crippen molar-refractivity contribution in [2.75, 3.05) is 4.72 Å². The summed E-state index contributed by atoms with van der Waals surface area (Å²) in [5, 5.41) is 1.54. The lowest BCUT2D eigenvalue weighted by Crippen LogP contribution is -2.15. The molecule has 1 aromatic heterocycles. The maximum Gasteiger partial charge on any atom is 0.266 e. The molecule has 0 aliphatic heterocycles. The number of nitrogens with zero attached hydrogens (tertiary/aromatic N) is 1. The molecule has 0 spiro atoms. The van der Waals surface area contributed by atoms with Crippen LogP contribution < -0.4 is 9.46 Å². The van der Waals surface area contributed by atoms with Crippen LogP contribution in [0.3, 0.4) is 0 Å². The smallest absolute Gasteiger partial charge is 0.266 e. The van der Waals surface area contributed by atoms with Crippen molar-refractivity contribution >= 4 is 38.1 Å². The van der Waals surface area contributed by atoms with E-state index in [0.717, 1.165) is 23.5 Å². The molecule has 3 aromatic rings. The molecule has 27 heavy (non-hydrogen) atoms. The molecule has 2 aromatic carbocycles. The molecular formula is C17H13ClF2N2O3S2. The summed E-state index contributed by atoms with van der Waals surface area (Å²) in [5.74, 6) is -1.63. The van der Waals surface area contributed by atoms with Crippen LogP contribution in [0.2, 0.25) is 5.02 Å². The first-order chi connectivity index (χ1) is 12.8. The second-order valence-corrected chi connectivity index (χ2v) is 8.39. The highest BCUT2D eigenvalue weighted by Crippen LogP contribution is 2.34. The quantitative estimate of drug-likeness (QED) is 0.596. The van der Waals surface area contributed by atoms with Crippen LogP contribution in [-0.2, 0) is 10.0 Å². The summed E-state index contributed by atoms with van der Waals surface area (Å²) in [6, 6.07) is 7.78. The zero-order chi connectivity index (χ0) is 19.6. The van der Waals surface area contributed by atoms with E-state index < -0.39 is 32.7 Å². The van der Waals surface area contributed by atoms with Crippen molar-refractivity contribution in [3.63, 3.8) is 0 Å². The zero-order valence-electron chi connectivity index (χ0n) is 13.8. The Labute approximate surface area is 163 Å². The SMILES string of the molecule is C[C@@H](Oc1cc(F)c(S(=O)(=O)Nc2nccs2)cc1Cl)c1ccccc1F. The van der Waals surface area contributed by atoms with Gasteiger partial charge < -0.3 is 4.74 Å². The number of ether oxygens (including phenoxy) is 1. The normalized spacial score (nSPS) is 12.6. The van der Waals surface area contributed by atoms with Gasteiger partial charge in [-0.05, 0) is 19.1 Å². The summed E-state index contributed by atoms with van der Waals surface area (Å²) in [7, 11) is -4.22. The van der Waals surface area contributed by atoms with Crippen LogP contribution in [0.5, 0.6) is 5.75 Å². The lowest BCUT2D eigenvalue weighted by atomic mass is 10.1. The summed E-state index contributed by atoms with van der Waals surface area (Å²) in [5.41, 5.74) is 0.260. The minimum absolute atomic E-state index is 0.0963. The molecular weight excluding hydrogens is 418 g/mol. The summed E-state index contributed by atoms with van der Waals surface area (Å²) >= 11 is 7.12. The van der Waals surface area contributed by atoms with E-state index in [4.69, 9.17) is 16.3 Å². The van der Waals surface area contributed by atoms with Crippen LogP contribution in [0.15, 0.2) is 52.9 Å². The summed E-state index contributed by atoms with van der Waals surface area (Å²) < 4.78 is 60.7. The lowest BCUT2D eigenvalue weighted by molar-refractivity contribution is 0.220. The van der Waals surface area contributed by atoms with Gasteiger partial charge in [-0.3, -0.25) is 4.72 Å². The molecule has 1 N–H and O–H groups in total. The molecule has 1 atom stereocenters. The molecule has 0 unspecified atom stereocenters. The molecule has 0 radical (unpaired) electrons. The second-order valence-electron chi connectivity index (χ2n) is 5.44. The summed E-state index contributed by atoms with van der Waals surface area (Å²) in [6.07, 6.45) is 0.645. The molecule has 1 heterocycles. The number of benzene rings is 2. The van der Waals surface area contributed by atoms with Crippen molar-refractivity contribution in [2.45, 2.75) is 17.9 Å². The molecule has 3 rings (SSSR count).